The van der Waals surface area contributed by atoms with Crippen molar-refractivity contribution in [1.82, 2.24) is 10.2 Å². The zero-order chi connectivity index (χ0) is 24.2. The fourth-order valence-corrected chi connectivity index (χ4v) is 4.98. The number of ether oxygens (including phenoxy) is 1. The molecule has 0 saturated carbocycles. The minimum atomic E-state index is -0.460. The fourth-order valence-electron chi connectivity index (χ4n) is 4.98. The number of carbonyl (C=O) groups is 2. The number of esters is 1. The van der Waals surface area contributed by atoms with E-state index in [1.165, 1.54) is 12.8 Å². The predicted octanol–water partition coefficient (Wildman–Crippen LogP) is 3.54. The summed E-state index contributed by atoms with van der Waals surface area (Å²) < 4.78 is 5.02. The van der Waals surface area contributed by atoms with Crippen molar-refractivity contribution in [3.8, 4) is 0 Å². The molecular weight excluding hydrogens is 440 g/mol. The lowest BCUT2D eigenvalue weighted by Crippen LogP contribution is -2.52. The van der Waals surface area contributed by atoms with E-state index in [1.807, 2.05) is 48.5 Å². The number of nitrogens with zero attached hydrogens (tertiary/aromatic N) is 3. The van der Waals surface area contributed by atoms with E-state index in [2.05, 4.69) is 44.3 Å². The first-order valence-corrected chi connectivity index (χ1v) is 12.0. The average molecular weight is 471 g/mol. The molecule has 5 rings (SSSR count). The van der Waals surface area contributed by atoms with Crippen molar-refractivity contribution in [1.29, 1.82) is 0 Å². The molecule has 1 unspecified atom stereocenters. The molecule has 2 aliphatic rings. The van der Waals surface area contributed by atoms with Crippen LogP contribution in [0.15, 0.2) is 78.9 Å². The molecule has 1 N–H and O–H groups in total. The zero-order valence-corrected chi connectivity index (χ0v) is 19.9. The summed E-state index contributed by atoms with van der Waals surface area (Å²) in [7, 11) is 1.38. The number of amides is 1. The summed E-state index contributed by atoms with van der Waals surface area (Å²) in [5.41, 5.74) is 3.98. The maximum atomic E-state index is 13.0. The number of benzene rings is 3. The molecule has 1 fully saturated rings. The topological polar surface area (TPSA) is 65.1 Å². The van der Waals surface area contributed by atoms with Gasteiger partial charge in [0.2, 0.25) is 0 Å². The quantitative estimate of drug-likeness (QED) is 0.556. The zero-order valence-electron chi connectivity index (χ0n) is 19.9. The molecule has 180 valence electrons. The number of methoxy groups -OCH3 is 1. The molecule has 3 aromatic carbocycles. The van der Waals surface area contributed by atoms with E-state index in [4.69, 9.17) is 4.74 Å². The molecule has 7 nitrogen and oxygen atoms in total. The van der Waals surface area contributed by atoms with Crippen molar-refractivity contribution in [2.45, 2.75) is 6.17 Å². The first-order chi connectivity index (χ1) is 17.2. The fraction of sp³-hybridized carbons (Fsp3) is 0.286. The Morgan fingerprint density at radius 2 is 1.57 bits per heavy atom. The third-order valence-corrected chi connectivity index (χ3v) is 6.85. The highest BCUT2D eigenvalue weighted by molar-refractivity contribution is 6.02. The predicted molar refractivity (Wildman–Crippen MR) is 137 cm³/mol. The summed E-state index contributed by atoms with van der Waals surface area (Å²) in [6.45, 7) is 5.46. The SMILES string of the molecule is COC(=O)c1ccccc1C1NC(=O)c2ccccc2N1CCN1CCN(c2ccccc2)CC1. The number of hydrogen-bond donors (Lipinski definition) is 1. The second-order valence-corrected chi connectivity index (χ2v) is 8.83. The molecule has 1 amide bonds. The molecule has 35 heavy (non-hydrogen) atoms. The van der Waals surface area contributed by atoms with Gasteiger partial charge in [-0.05, 0) is 30.3 Å². The summed E-state index contributed by atoms with van der Waals surface area (Å²) in [5, 5.41) is 3.13. The largest absolute Gasteiger partial charge is 0.465 e. The number of anilines is 2. The monoisotopic (exact) mass is 470 g/mol. The van der Waals surface area contributed by atoms with Crippen LogP contribution in [0.4, 0.5) is 11.4 Å². The first kappa shape index (κ1) is 22.9. The highest BCUT2D eigenvalue weighted by Gasteiger charge is 2.34. The van der Waals surface area contributed by atoms with Gasteiger partial charge in [-0.3, -0.25) is 9.69 Å². The number of nitrogens with one attached hydrogen (secondary N) is 1. The number of para-hydroxylation sites is 2. The molecular formula is C28H30N4O3. The Bertz CT molecular complexity index is 1190. The highest BCUT2D eigenvalue weighted by atomic mass is 16.5. The Labute approximate surface area is 205 Å². The van der Waals surface area contributed by atoms with Gasteiger partial charge in [0.25, 0.3) is 5.91 Å². The number of fused-ring (bicyclic) bond motifs is 1. The van der Waals surface area contributed by atoms with Crippen molar-refractivity contribution < 1.29 is 14.3 Å². The molecule has 2 aliphatic heterocycles. The van der Waals surface area contributed by atoms with Crippen LogP contribution in [0.1, 0.15) is 32.4 Å². The summed E-state index contributed by atoms with van der Waals surface area (Å²) in [6, 6.07) is 25.5. The smallest absolute Gasteiger partial charge is 0.338 e. The van der Waals surface area contributed by atoms with Gasteiger partial charge in [-0.1, -0.05) is 48.5 Å². The van der Waals surface area contributed by atoms with Gasteiger partial charge in [0.1, 0.15) is 6.17 Å². The third-order valence-electron chi connectivity index (χ3n) is 6.85. The van der Waals surface area contributed by atoms with Gasteiger partial charge >= 0.3 is 5.97 Å². The maximum absolute atomic E-state index is 13.0. The molecule has 7 heteroatoms. The van der Waals surface area contributed by atoms with Gasteiger partial charge in [0.05, 0.1) is 23.9 Å². The minimum Gasteiger partial charge on any atom is -0.465 e. The Kier molecular flexibility index (Phi) is 6.68. The van der Waals surface area contributed by atoms with E-state index in [9.17, 15) is 9.59 Å². The molecule has 2 heterocycles. The average Bonchev–Trinajstić information content (AvgIpc) is 2.93. The molecule has 0 radical (unpaired) electrons. The summed E-state index contributed by atoms with van der Waals surface area (Å²) in [5.74, 6) is -0.552. The lowest BCUT2D eigenvalue weighted by atomic mass is 9.99. The second-order valence-electron chi connectivity index (χ2n) is 8.83. The normalized spacial score (nSPS) is 18.1. The molecule has 0 bridgehead atoms. The van der Waals surface area contributed by atoms with Crippen LogP contribution in [0.5, 0.6) is 0 Å². The van der Waals surface area contributed by atoms with Crippen molar-refractivity contribution >= 4 is 23.3 Å². The van der Waals surface area contributed by atoms with Gasteiger partial charge in [-0.25, -0.2) is 4.79 Å². The molecule has 1 atom stereocenters. The van der Waals surface area contributed by atoms with Gasteiger partial charge in [-0.15, -0.1) is 0 Å². The van der Waals surface area contributed by atoms with E-state index in [0.717, 1.165) is 44.0 Å². The number of hydrogen-bond acceptors (Lipinski definition) is 6. The highest BCUT2D eigenvalue weighted by Crippen LogP contribution is 2.34. The number of rotatable bonds is 6. The van der Waals surface area contributed by atoms with Crippen LogP contribution in [0, 0.1) is 0 Å². The second kappa shape index (κ2) is 10.2. The van der Waals surface area contributed by atoms with Crippen molar-refractivity contribution in [2.24, 2.45) is 0 Å². The summed E-state index contributed by atoms with van der Waals surface area (Å²) >= 11 is 0. The Hall–Kier alpha value is -3.84. The third kappa shape index (κ3) is 4.72. The summed E-state index contributed by atoms with van der Waals surface area (Å²) in [6.07, 6.45) is -0.460. The molecule has 0 spiro atoms. The standard InChI is InChI=1S/C28H30N4O3/c1-35-28(34)23-12-6-5-11-22(23)26-29-27(33)24-13-7-8-14-25(24)32(26)20-17-30-15-18-31(19-16-30)21-9-3-2-4-10-21/h2-14,26H,15-20H2,1H3,(H,29,33). The number of carbonyl (C=O) groups excluding carboxylic acids is 2. The Morgan fingerprint density at radius 3 is 2.34 bits per heavy atom. The van der Waals surface area contributed by atoms with E-state index in [-0.39, 0.29) is 5.91 Å². The molecule has 0 aliphatic carbocycles. The van der Waals surface area contributed by atoms with Crippen LogP contribution in [0.3, 0.4) is 0 Å². The van der Waals surface area contributed by atoms with Crippen LogP contribution in [-0.2, 0) is 4.74 Å². The van der Waals surface area contributed by atoms with Crippen LogP contribution in [0.2, 0.25) is 0 Å². The lowest BCUT2D eigenvalue weighted by molar-refractivity contribution is 0.0597. The summed E-state index contributed by atoms with van der Waals surface area (Å²) in [4.78, 5) is 32.5. The van der Waals surface area contributed by atoms with Crippen LogP contribution < -0.4 is 15.1 Å². The van der Waals surface area contributed by atoms with Gasteiger partial charge in [0.15, 0.2) is 0 Å². The maximum Gasteiger partial charge on any atom is 0.338 e. The first-order valence-electron chi connectivity index (χ1n) is 12.0. The minimum absolute atomic E-state index is 0.141. The van der Waals surface area contributed by atoms with E-state index < -0.39 is 12.1 Å². The van der Waals surface area contributed by atoms with Gasteiger partial charge < -0.3 is 19.9 Å². The van der Waals surface area contributed by atoms with E-state index in [1.54, 1.807) is 6.07 Å². The van der Waals surface area contributed by atoms with E-state index >= 15 is 0 Å². The Balaban J connectivity index is 1.36. The van der Waals surface area contributed by atoms with Crippen molar-refractivity contribution in [2.75, 3.05) is 56.2 Å². The molecule has 3 aromatic rings. The Morgan fingerprint density at radius 1 is 0.886 bits per heavy atom. The van der Waals surface area contributed by atoms with Crippen molar-refractivity contribution in [3.63, 3.8) is 0 Å². The van der Waals surface area contributed by atoms with Crippen LogP contribution in [-0.4, -0.2) is 63.2 Å². The van der Waals surface area contributed by atoms with Gasteiger partial charge in [-0.2, -0.15) is 0 Å². The van der Waals surface area contributed by atoms with Crippen LogP contribution in [0.25, 0.3) is 0 Å². The van der Waals surface area contributed by atoms with Gasteiger partial charge in [0, 0.05) is 50.5 Å². The van der Waals surface area contributed by atoms with E-state index in [0.29, 0.717) is 17.7 Å². The van der Waals surface area contributed by atoms with Crippen molar-refractivity contribution in [3.05, 3.63) is 95.6 Å². The molecule has 1 saturated heterocycles. The molecule has 0 aromatic heterocycles. The lowest BCUT2D eigenvalue weighted by Gasteiger charge is -2.42. The number of piperazine rings is 1. The van der Waals surface area contributed by atoms with Crippen LogP contribution >= 0.6 is 0 Å².